The smallest absolute Gasteiger partial charge is 0.0541 e. The lowest BCUT2D eigenvalue weighted by atomic mass is 9.79. The summed E-state index contributed by atoms with van der Waals surface area (Å²) in [6, 6.07) is 88.0. The normalized spacial score (nSPS) is 12.1. The molecule has 0 saturated heterocycles. The van der Waals surface area contributed by atoms with Gasteiger partial charge in [-0.05, 0) is 159 Å². The van der Waals surface area contributed by atoms with E-state index in [1.54, 1.807) is 0 Å². The molecule has 71 heavy (non-hydrogen) atoms. The van der Waals surface area contributed by atoms with Gasteiger partial charge in [-0.2, -0.15) is 0 Å². The number of hydrogen-bond donors (Lipinski definition) is 0. The minimum atomic E-state index is -0.0112. The van der Waals surface area contributed by atoms with Gasteiger partial charge in [0.15, 0.2) is 0 Å². The zero-order valence-corrected chi connectivity index (χ0v) is 41.5. The largest absolute Gasteiger partial charge is 0.309 e. The minimum Gasteiger partial charge on any atom is -0.309 e. The monoisotopic (exact) mass is 911 g/mol. The van der Waals surface area contributed by atoms with Crippen molar-refractivity contribution in [3.8, 4) is 72.4 Å². The summed E-state index contributed by atoms with van der Waals surface area (Å²) in [5.41, 5.74) is 20.9. The Morgan fingerprint density at radius 2 is 0.549 bits per heavy atom. The van der Waals surface area contributed by atoms with Crippen LogP contribution in [0.15, 0.2) is 237 Å². The summed E-state index contributed by atoms with van der Waals surface area (Å²) >= 11 is 0. The molecule has 12 aromatic rings. The van der Waals surface area contributed by atoms with E-state index in [1.165, 1.54) is 121 Å². The van der Waals surface area contributed by atoms with Crippen LogP contribution in [-0.4, -0.2) is 4.57 Å². The molecule has 342 valence electrons. The molecule has 1 nitrogen and oxygen atoms in total. The lowest BCUT2D eigenvalue weighted by Crippen LogP contribution is -2.11. The van der Waals surface area contributed by atoms with E-state index in [9.17, 15) is 0 Å². The molecule has 0 amide bonds. The van der Waals surface area contributed by atoms with Crippen molar-refractivity contribution in [1.82, 2.24) is 4.57 Å². The lowest BCUT2D eigenvalue weighted by Gasteiger charge is -2.25. The first-order valence-corrected chi connectivity index (χ1v) is 25.1. The number of rotatable bonds is 7. The van der Waals surface area contributed by atoms with Crippen LogP contribution in [0, 0.1) is 0 Å². The molecular formula is C70H57N. The molecule has 0 atom stereocenters. The molecule has 0 saturated carbocycles. The maximum Gasteiger partial charge on any atom is 0.0541 e. The SMILES string of the molecule is CC(C)(C)c1ccc2c(-c3ccc(-c4ccc(-c5ccc6c(c5)c5cc(-c7ccccc7)ccc5n6-c5ccccc5)cc4)cc3)c3cc(C(C)(C)C)ccc3c(-c3ccc(-c4ccccc4)cc3)c2c1. The maximum atomic E-state index is 2.47. The van der Waals surface area contributed by atoms with Crippen molar-refractivity contribution in [3.05, 3.63) is 248 Å². The van der Waals surface area contributed by atoms with Gasteiger partial charge in [-0.1, -0.05) is 230 Å². The Morgan fingerprint density at radius 1 is 0.239 bits per heavy atom. The van der Waals surface area contributed by atoms with Gasteiger partial charge in [-0.3, -0.25) is 0 Å². The molecule has 1 heterocycles. The van der Waals surface area contributed by atoms with Crippen LogP contribution < -0.4 is 0 Å². The predicted molar refractivity (Wildman–Crippen MR) is 306 cm³/mol. The molecule has 0 N–H and O–H groups in total. The summed E-state index contributed by atoms with van der Waals surface area (Å²) in [4.78, 5) is 0. The summed E-state index contributed by atoms with van der Waals surface area (Å²) in [6.45, 7) is 13.9. The van der Waals surface area contributed by atoms with E-state index in [1.807, 2.05) is 0 Å². The van der Waals surface area contributed by atoms with Crippen molar-refractivity contribution in [2.75, 3.05) is 0 Å². The van der Waals surface area contributed by atoms with Gasteiger partial charge in [0.05, 0.1) is 11.0 Å². The van der Waals surface area contributed by atoms with Crippen LogP contribution in [0.4, 0.5) is 0 Å². The lowest BCUT2D eigenvalue weighted by molar-refractivity contribution is 0.590. The Bertz CT molecular complexity index is 3920. The van der Waals surface area contributed by atoms with E-state index < -0.39 is 0 Å². The Hall–Kier alpha value is -8.26. The van der Waals surface area contributed by atoms with Crippen molar-refractivity contribution < 1.29 is 0 Å². The Labute approximate surface area is 418 Å². The summed E-state index contributed by atoms with van der Waals surface area (Å²) in [5.74, 6) is 0. The highest BCUT2D eigenvalue weighted by Gasteiger charge is 2.23. The third-order valence-corrected chi connectivity index (χ3v) is 14.7. The molecule has 0 radical (unpaired) electrons. The first-order valence-electron chi connectivity index (χ1n) is 25.1. The average Bonchev–Trinajstić information content (AvgIpc) is 3.73. The van der Waals surface area contributed by atoms with Crippen molar-refractivity contribution >= 4 is 43.4 Å². The van der Waals surface area contributed by atoms with E-state index in [-0.39, 0.29) is 10.8 Å². The molecule has 0 spiro atoms. The Kier molecular flexibility index (Phi) is 10.7. The number of nitrogens with zero attached hydrogens (tertiary/aromatic N) is 1. The van der Waals surface area contributed by atoms with Crippen molar-refractivity contribution in [2.24, 2.45) is 0 Å². The molecule has 1 heteroatoms. The van der Waals surface area contributed by atoms with Gasteiger partial charge < -0.3 is 4.57 Å². The van der Waals surface area contributed by atoms with Crippen LogP contribution in [0.1, 0.15) is 52.7 Å². The fourth-order valence-electron chi connectivity index (χ4n) is 10.8. The minimum absolute atomic E-state index is 0.00678. The molecule has 0 bridgehead atoms. The van der Waals surface area contributed by atoms with Crippen molar-refractivity contribution in [1.29, 1.82) is 0 Å². The second-order valence-corrected chi connectivity index (χ2v) is 21.4. The van der Waals surface area contributed by atoms with Gasteiger partial charge in [0.1, 0.15) is 0 Å². The molecule has 0 aliphatic heterocycles. The van der Waals surface area contributed by atoms with E-state index in [0.29, 0.717) is 0 Å². The second kappa shape index (κ2) is 17.3. The molecule has 12 rings (SSSR count). The van der Waals surface area contributed by atoms with Gasteiger partial charge >= 0.3 is 0 Å². The summed E-state index contributed by atoms with van der Waals surface area (Å²) < 4.78 is 2.40. The van der Waals surface area contributed by atoms with E-state index in [2.05, 4.69) is 283 Å². The highest BCUT2D eigenvalue weighted by Crippen LogP contribution is 2.47. The van der Waals surface area contributed by atoms with E-state index in [0.717, 1.165) is 5.69 Å². The highest BCUT2D eigenvalue weighted by molar-refractivity contribution is 6.22. The second-order valence-electron chi connectivity index (χ2n) is 21.4. The van der Waals surface area contributed by atoms with Crippen LogP contribution in [0.25, 0.3) is 116 Å². The highest BCUT2D eigenvalue weighted by atomic mass is 15.0. The summed E-state index contributed by atoms with van der Waals surface area (Å²) in [7, 11) is 0. The fourth-order valence-corrected chi connectivity index (χ4v) is 10.8. The van der Waals surface area contributed by atoms with Crippen LogP contribution in [-0.2, 0) is 10.8 Å². The van der Waals surface area contributed by atoms with Gasteiger partial charge in [0.25, 0.3) is 0 Å². The van der Waals surface area contributed by atoms with Crippen molar-refractivity contribution in [3.63, 3.8) is 0 Å². The summed E-state index contributed by atoms with van der Waals surface area (Å²) in [6.07, 6.45) is 0. The first kappa shape index (κ1) is 44.0. The zero-order valence-electron chi connectivity index (χ0n) is 41.5. The average molecular weight is 912 g/mol. The molecule has 0 aliphatic rings. The number of hydrogen-bond acceptors (Lipinski definition) is 0. The number of aromatic nitrogens is 1. The quantitative estimate of drug-likeness (QED) is 0.140. The van der Waals surface area contributed by atoms with E-state index >= 15 is 0 Å². The van der Waals surface area contributed by atoms with Crippen LogP contribution in [0.2, 0.25) is 0 Å². The molecular weight excluding hydrogens is 855 g/mol. The fraction of sp³-hybridized carbons (Fsp3) is 0.114. The number of fused-ring (bicyclic) bond motifs is 5. The Balaban J connectivity index is 0.945. The Morgan fingerprint density at radius 3 is 0.930 bits per heavy atom. The van der Waals surface area contributed by atoms with E-state index in [4.69, 9.17) is 0 Å². The van der Waals surface area contributed by atoms with Crippen LogP contribution in [0.5, 0.6) is 0 Å². The van der Waals surface area contributed by atoms with Crippen molar-refractivity contribution in [2.45, 2.75) is 52.4 Å². The topological polar surface area (TPSA) is 4.93 Å². The first-order chi connectivity index (χ1) is 34.5. The maximum absolute atomic E-state index is 2.47. The van der Waals surface area contributed by atoms with Crippen LogP contribution >= 0.6 is 0 Å². The van der Waals surface area contributed by atoms with Crippen LogP contribution in [0.3, 0.4) is 0 Å². The van der Waals surface area contributed by atoms with Gasteiger partial charge in [-0.25, -0.2) is 0 Å². The molecule has 0 unspecified atom stereocenters. The molecule has 1 aromatic heterocycles. The van der Waals surface area contributed by atoms with Gasteiger partial charge in [0, 0.05) is 16.5 Å². The number of benzene rings is 11. The number of para-hydroxylation sites is 1. The third-order valence-electron chi connectivity index (χ3n) is 14.7. The molecule has 0 fully saturated rings. The third kappa shape index (κ3) is 8.02. The molecule has 0 aliphatic carbocycles. The van der Waals surface area contributed by atoms with Gasteiger partial charge in [0.2, 0.25) is 0 Å². The summed E-state index contributed by atoms with van der Waals surface area (Å²) in [5, 5.41) is 7.62. The predicted octanol–water partition coefficient (Wildman–Crippen LogP) is 19.7. The molecule has 11 aromatic carbocycles. The standard InChI is InChI=1S/C70H57N/c1-69(2,3)56-37-39-60-63(44-56)67(52-30-26-48(27-31-52)46-16-10-7-11-17-46)59-38-36-57(70(4,5)6)45-64(59)68(60)53-32-28-50(29-33-53)49-22-24-51(25-23-49)55-35-41-66-62(43-55)61-42-54(47-18-12-8-13-19-47)34-40-65(61)71(66)58-20-14-9-15-21-58/h7-45H,1-6H3. The zero-order chi connectivity index (χ0) is 48.4. The van der Waals surface area contributed by atoms with Gasteiger partial charge in [-0.15, -0.1) is 0 Å².